The first kappa shape index (κ1) is 23.7. The molecule has 3 heterocycles. The van der Waals surface area contributed by atoms with Crippen molar-refractivity contribution in [1.29, 1.82) is 0 Å². The van der Waals surface area contributed by atoms with Gasteiger partial charge < -0.3 is 15.0 Å². The molecule has 1 saturated heterocycles. The molecule has 2 N–H and O–H groups in total. The molecule has 178 valence electrons. The fourth-order valence-corrected chi connectivity index (χ4v) is 4.36. The number of hydrogen-bond donors (Lipinski definition) is 2. The number of rotatable bonds is 4. The van der Waals surface area contributed by atoms with Crippen LogP contribution in [0.15, 0.2) is 55.0 Å². The third kappa shape index (κ3) is 5.89. The zero-order valence-corrected chi connectivity index (χ0v) is 20.3. The van der Waals surface area contributed by atoms with Gasteiger partial charge in [-0.25, -0.2) is 20.2 Å². The van der Waals surface area contributed by atoms with Crippen LogP contribution in [0.3, 0.4) is 0 Å². The number of aromatic nitrogens is 2. The van der Waals surface area contributed by atoms with Crippen molar-refractivity contribution in [2.75, 3.05) is 36.1 Å². The van der Waals surface area contributed by atoms with Crippen LogP contribution >= 0.6 is 11.3 Å². The second-order valence-electron chi connectivity index (χ2n) is 8.79. The largest absolute Gasteiger partial charge is 0.443 e. The van der Waals surface area contributed by atoms with Gasteiger partial charge in [0, 0.05) is 44.1 Å². The fourth-order valence-electron chi connectivity index (χ4n) is 3.46. The third-order valence-corrected chi connectivity index (χ3v) is 6.04. The van der Waals surface area contributed by atoms with E-state index in [-0.39, 0.29) is 0 Å². The van der Waals surface area contributed by atoms with Gasteiger partial charge in [0.25, 0.3) is 5.91 Å². The summed E-state index contributed by atoms with van der Waals surface area (Å²) in [7, 11) is 0. The SMILES string of the molecule is CC(C)(C)OC(=O)NN(C(=O)c1cnc(N2CCNCC2)s1)c1cccc(-c2cccnc2)c1. The van der Waals surface area contributed by atoms with Gasteiger partial charge in [-0.1, -0.05) is 29.5 Å². The number of nitrogens with zero attached hydrogens (tertiary/aromatic N) is 4. The molecule has 0 spiro atoms. The van der Waals surface area contributed by atoms with Crippen LogP contribution in [-0.2, 0) is 4.74 Å². The van der Waals surface area contributed by atoms with Gasteiger partial charge in [0.1, 0.15) is 10.5 Å². The first-order valence-corrected chi connectivity index (χ1v) is 11.9. The average molecular weight is 481 g/mol. The number of thiazole rings is 1. The van der Waals surface area contributed by atoms with Crippen LogP contribution < -0.4 is 20.7 Å². The smallest absolute Gasteiger partial charge is 0.427 e. The molecular formula is C24H28N6O3S. The number of carbonyl (C=O) groups excluding carboxylic acids is 2. The zero-order valence-electron chi connectivity index (χ0n) is 19.4. The Morgan fingerprint density at radius 1 is 1.12 bits per heavy atom. The van der Waals surface area contributed by atoms with E-state index < -0.39 is 17.6 Å². The van der Waals surface area contributed by atoms with Gasteiger partial charge >= 0.3 is 6.09 Å². The van der Waals surface area contributed by atoms with Gasteiger partial charge in [0.15, 0.2) is 5.13 Å². The van der Waals surface area contributed by atoms with Crippen molar-refractivity contribution >= 4 is 34.2 Å². The van der Waals surface area contributed by atoms with Crippen molar-refractivity contribution < 1.29 is 14.3 Å². The molecule has 9 nitrogen and oxygen atoms in total. The summed E-state index contributed by atoms with van der Waals surface area (Å²) in [5, 5.41) is 5.30. The maximum absolute atomic E-state index is 13.6. The fraction of sp³-hybridized carbons (Fsp3) is 0.333. The summed E-state index contributed by atoms with van der Waals surface area (Å²) in [5.74, 6) is -0.395. The summed E-state index contributed by atoms with van der Waals surface area (Å²) in [6, 6.07) is 11.1. The highest BCUT2D eigenvalue weighted by Crippen LogP contribution is 2.28. The Balaban J connectivity index is 1.64. The van der Waals surface area contributed by atoms with Gasteiger partial charge in [-0.15, -0.1) is 0 Å². The number of benzene rings is 1. The predicted molar refractivity (Wildman–Crippen MR) is 133 cm³/mol. The zero-order chi connectivity index (χ0) is 24.1. The van der Waals surface area contributed by atoms with Gasteiger partial charge in [-0.05, 0) is 44.5 Å². The quantitative estimate of drug-likeness (QED) is 0.549. The second-order valence-corrected chi connectivity index (χ2v) is 9.80. The maximum Gasteiger partial charge on any atom is 0.427 e. The van der Waals surface area contributed by atoms with E-state index in [0.717, 1.165) is 42.4 Å². The molecule has 2 aromatic heterocycles. The number of piperazine rings is 1. The minimum Gasteiger partial charge on any atom is -0.443 e. The Kier molecular flexibility index (Phi) is 7.09. The topological polar surface area (TPSA) is 99.7 Å². The molecule has 1 aliphatic heterocycles. The van der Waals surface area contributed by atoms with E-state index in [2.05, 4.69) is 25.6 Å². The van der Waals surface area contributed by atoms with Crippen LogP contribution in [-0.4, -0.2) is 53.7 Å². The van der Waals surface area contributed by atoms with Crippen LogP contribution in [0.1, 0.15) is 30.4 Å². The standard InChI is InChI=1S/C24H28N6O3S/c1-24(2,3)33-23(32)28-30(19-8-4-6-17(14-19)18-7-5-9-26-15-18)21(31)20-16-27-22(34-20)29-12-10-25-11-13-29/h4-9,14-16,25H,10-13H2,1-3H3,(H,28,32). The van der Waals surface area contributed by atoms with E-state index in [1.165, 1.54) is 16.3 Å². The molecule has 0 atom stereocenters. The number of hydrogen-bond acceptors (Lipinski definition) is 8. The molecule has 1 aromatic carbocycles. The van der Waals surface area contributed by atoms with E-state index in [0.29, 0.717) is 10.6 Å². The molecule has 0 bridgehead atoms. The molecule has 0 aliphatic carbocycles. The van der Waals surface area contributed by atoms with Crippen LogP contribution in [0.2, 0.25) is 0 Å². The minimum absolute atomic E-state index is 0.395. The van der Waals surface area contributed by atoms with Crippen molar-refractivity contribution in [1.82, 2.24) is 20.7 Å². The number of ether oxygens (including phenoxy) is 1. The molecule has 10 heteroatoms. The highest BCUT2D eigenvalue weighted by molar-refractivity contribution is 7.17. The Hall–Kier alpha value is -3.50. The molecule has 4 rings (SSSR count). The van der Waals surface area contributed by atoms with Crippen LogP contribution in [0.4, 0.5) is 15.6 Å². The van der Waals surface area contributed by atoms with Crippen LogP contribution in [0, 0.1) is 0 Å². The Labute approximate surface area is 202 Å². The Morgan fingerprint density at radius 2 is 1.88 bits per heavy atom. The van der Waals surface area contributed by atoms with E-state index in [1.54, 1.807) is 45.4 Å². The highest BCUT2D eigenvalue weighted by Gasteiger charge is 2.26. The number of hydrazine groups is 1. The van der Waals surface area contributed by atoms with Gasteiger partial charge in [0.2, 0.25) is 0 Å². The molecule has 0 radical (unpaired) electrons. The van der Waals surface area contributed by atoms with E-state index in [1.807, 2.05) is 30.3 Å². The van der Waals surface area contributed by atoms with E-state index in [9.17, 15) is 9.59 Å². The summed E-state index contributed by atoms with van der Waals surface area (Å²) in [6.07, 6.45) is 4.28. The van der Waals surface area contributed by atoms with Crippen LogP contribution in [0.5, 0.6) is 0 Å². The number of carbonyl (C=O) groups is 2. The molecular weight excluding hydrogens is 452 g/mol. The lowest BCUT2D eigenvalue weighted by atomic mass is 10.1. The third-order valence-electron chi connectivity index (χ3n) is 5.00. The number of anilines is 2. The number of pyridine rings is 1. The Morgan fingerprint density at radius 3 is 2.59 bits per heavy atom. The number of amides is 2. The van der Waals surface area contributed by atoms with Crippen LogP contribution in [0.25, 0.3) is 11.1 Å². The maximum atomic E-state index is 13.6. The molecule has 3 aromatic rings. The van der Waals surface area contributed by atoms with Crippen molar-refractivity contribution in [2.45, 2.75) is 26.4 Å². The summed E-state index contributed by atoms with van der Waals surface area (Å²) < 4.78 is 5.41. The monoisotopic (exact) mass is 480 g/mol. The normalized spacial score (nSPS) is 13.9. The highest BCUT2D eigenvalue weighted by atomic mass is 32.1. The molecule has 2 amide bonds. The lowest BCUT2D eigenvalue weighted by molar-refractivity contribution is 0.0510. The summed E-state index contributed by atoms with van der Waals surface area (Å²) in [6.45, 7) is 8.70. The summed E-state index contributed by atoms with van der Waals surface area (Å²) in [4.78, 5) is 37.4. The second kappa shape index (κ2) is 10.2. The van der Waals surface area contributed by atoms with Gasteiger partial charge in [-0.2, -0.15) is 0 Å². The van der Waals surface area contributed by atoms with E-state index in [4.69, 9.17) is 4.74 Å². The Bertz CT molecular complexity index is 1140. The van der Waals surface area contributed by atoms with Crippen molar-refractivity contribution in [2.24, 2.45) is 0 Å². The molecule has 1 fully saturated rings. The average Bonchev–Trinajstić information content (AvgIpc) is 3.33. The summed E-state index contributed by atoms with van der Waals surface area (Å²) in [5.41, 5.74) is 4.16. The minimum atomic E-state index is -0.723. The lowest BCUT2D eigenvalue weighted by Crippen LogP contribution is -2.48. The van der Waals surface area contributed by atoms with Crippen molar-refractivity contribution in [3.05, 3.63) is 59.9 Å². The summed E-state index contributed by atoms with van der Waals surface area (Å²) >= 11 is 1.31. The van der Waals surface area contributed by atoms with Crippen molar-refractivity contribution in [3.63, 3.8) is 0 Å². The first-order chi connectivity index (χ1) is 16.3. The molecule has 0 unspecified atom stereocenters. The van der Waals surface area contributed by atoms with Crippen molar-refractivity contribution in [3.8, 4) is 11.1 Å². The molecule has 1 aliphatic rings. The van der Waals surface area contributed by atoms with Gasteiger partial charge in [0.05, 0.1) is 11.9 Å². The van der Waals surface area contributed by atoms with E-state index >= 15 is 0 Å². The lowest BCUT2D eigenvalue weighted by Gasteiger charge is -2.27. The predicted octanol–water partition coefficient (Wildman–Crippen LogP) is 3.70. The number of nitrogens with one attached hydrogen (secondary N) is 2. The van der Waals surface area contributed by atoms with Gasteiger partial charge in [-0.3, -0.25) is 9.78 Å². The first-order valence-electron chi connectivity index (χ1n) is 11.1. The molecule has 0 saturated carbocycles. The molecule has 34 heavy (non-hydrogen) atoms.